The monoisotopic (exact) mass is 346 g/mol. The summed E-state index contributed by atoms with van der Waals surface area (Å²) in [4.78, 5) is 9.77. The molecular formula is C13H14ClF3N6. The molecule has 3 rings (SSSR count). The Bertz CT molecular complexity index is 701. The van der Waals surface area contributed by atoms with E-state index in [9.17, 15) is 13.2 Å². The van der Waals surface area contributed by atoms with Crippen molar-refractivity contribution in [2.24, 2.45) is 0 Å². The van der Waals surface area contributed by atoms with E-state index in [0.717, 1.165) is 0 Å². The quantitative estimate of drug-likeness (QED) is 0.855. The minimum atomic E-state index is -4.30. The summed E-state index contributed by atoms with van der Waals surface area (Å²) in [7, 11) is 1.74. The smallest absolute Gasteiger partial charge is 0.351 e. The van der Waals surface area contributed by atoms with Crippen molar-refractivity contribution in [3.63, 3.8) is 0 Å². The van der Waals surface area contributed by atoms with E-state index in [4.69, 9.17) is 11.6 Å². The van der Waals surface area contributed by atoms with Crippen LogP contribution in [0.1, 0.15) is 30.4 Å². The first-order chi connectivity index (χ1) is 10.9. The molecule has 0 radical (unpaired) electrons. The van der Waals surface area contributed by atoms with Crippen molar-refractivity contribution in [3.05, 3.63) is 29.2 Å². The highest BCUT2D eigenvalue weighted by molar-refractivity contribution is 6.29. The second-order valence-corrected chi connectivity index (χ2v) is 5.81. The van der Waals surface area contributed by atoms with Crippen LogP contribution in [-0.2, 0) is 13.1 Å². The van der Waals surface area contributed by atoms with Gasteiger partial charge in [-0.2, -0.15) is 13.2 Å². The average Bonchev–Trinajstić information content (AvgIpc) is 2.89. The zero-order valence-corrected chi connectivity index (χ0v) is 13.0. The third-order valence-corrected chi connectivity index (χ3v) is 3.98. The van der Waals surface area contributed by atoms with Gasteiger partial charge in [0.15, 0.2) is 5.82 Å². The first-order valence-electron chi connectivity index (χ1n) is 7.03. The van der Waals surface area contributed by atoms with Gasteiger partial charge in [0, 0.05) is 13.6 Å². The Hall–Kier alpha value is -1.90. The molecule has 1 aliphatic rings. The van der Waals surface area contributed by atoms with Crippen molar-refractivity contribution in [1.29, 1.82) is 0 Å². The van der Waals surface area contributed by atoms with Gasteiger partial charge < -0.3 is 9.47 Å². The van der Waals surface area contributed by atoms with Crippen LogP contribution in [0.5, 0.6) is 0 Å². The van der Waals surface area contributed by atoms with Crippen molar-refractivity contribution >= 4 is 17.4 Å². The van der Waals surface area contributed by atoms with Gasteiger partial charge in [-0.3, -0.25) is 4.98 Å². The molecule has 0 N–H and O–H groups in total. The van der Waals surface area contributed by atoms with Crippen molar-refractivity contribution in [1.82, 2.24) is 24.7 Å². The predicted octanol–water partition coefficient (Wildman–Crippen LogP) is 2.80. The van der Waals surface area contributed by atoms with Crippen LogP contribution in [0.4, 0.5) is 19.0 Å². The van der Waals surface area contributed by atoms with E-state index >= 15 is 0 Å². The highest BCUT2D eigenvalue weighted by Crippen LogP contribution is 2.40. The number of alkyl halides is 3. The number of fused-ring (bicyclic) bond motifs is 1. The first kappa shape index (κ1) is 16.0. The van der Waals surface area contributed by atoms with Gasteiger partial charge in [0.1, 0.15) is 22.7 Å². The fraction of sp³-hybridized carbons (Fsp3) is 0.538. The molecule has 0 bridgehead atoms. The highest BCUT2D eigenvalue weighted by Gasteiger charge is 2.45. The summed E-state index contributed by atoms with van der Waals surface area (Å²) >= 11 is 5.80. The number of aromatic nitrogens is 5. The zero-order valence-electron chi connectivity index (χ0n) is 12.3. The first-order valence-corrected chi connectivity index (χ1v) is 7.41. The van der Waals surface area contributed by atoms with Gasteiger partial charge in [-0.25, -0.2) is 4.98 Å². The van der Waals surface area contributed by atoms with E-state index in [1.54, 1.807) is 16.5 Å². The molecule has 0 amide bonds. The van der Waals surface area contributed by atoms with Crippen LogP contribution in [0.25, 0.3) is 0 Å². The van der Waals surface area contributed by atoms with Crippen LogP contribution in [0, 0.1) is 0 Å². The molecule has 0 saturated heterocycles. The van der Waals surface area contributed by atoms with Gasteiger partial charge in [-0.05, 0) is 12.8 Å². The van der Waals surface area contributed by atoms with Gasteiger partial charge in [0.05, 0.1) is 18.9 Å². The van der Waals surface area contributed by atoms with Gasteiger partial charge in [-0.15, -0.1) is 10.2 Å². The fourth-order valence-corrected chi connectivity index (χ4v) is 2.81. The minimum Gasteiger partial charge on any atom is -0.351 e. The normalized spacial score (nSPS) is 17.9. The largest absolute Gasteiger partial charge is 0.398 e. The molecule has 0 spiro atoms. The Balaban J connectivity index is 1.84. The van der Waals surface area contributed by atoms with Crippen molar-refractivity contribution in [2.45, 2.75) is 38.0 Å². The maximum Gasteiger partial charge on any atom is 0.398 e. The molecule has 1 atom stereocenters. The van der Waals surface area contributed by atoms with Crippen LogP contribution in [-0.4, -0.2) is 38.0 Å². The molecule has 1 unspecified atom stereocenters. The zero-order chi connectivity index (χ0) is 16.6. The summed E-state index contributed by atoms with van der Waals surface area (Å²) in [6, 6.07) is 0. The molecule has 0 fully saturated rings. The minimum absolute atomic E-state index is 0.00988. The molecule has 23 heavy (non-hydrogen) atoms. The molecule has 10 heteroatoms. The number of nitrogens with zero attached hydrogens (tertiary/aromatic N) is 6. The Kier molecular flexibility index (Phi) is 4.13. The SMILES string of the molecule is CN(Cc1nnc2n1CCCC2C(F)(F)F)c1cncc(Cl)n1. The number of hydrogen-bond donors (Lipinski definition) is 0. The molecule has 0 aromatic carbocycles. The van der Waals surface area contributed by atoms with Gasteiger partial charge in [0.2, 0.25) is 0 Å². The van der Waals surface area contributed by atoms with Crippen LogP contribution >= 0.6 is 11.6 Å². The molecule has 124 valence electrons. The lowest BCUT2D eigenvalue weighted by Crippen LogP contribution is -2.29. The Labute approximate surface area is 135 Å². The summed E-state index contributed by atoms with van der Waals surface area (Å²) in [5, 5.41) is 7.96. The molecular weight excluding hydrogens is 333 g/mol. The maximum atomic E-state index is 13.1. The van der Waals surface area contributed by atoms with E-state index < -0.39 is 12.1 Å². The Morgan fingerprint density at radius 3 is 2.83 bits per heavy atom. The topological polar surface area (TPSA) is 59.7 Å². The fourth-order valence-electron chi connectivity index (χ4n) is 2.67. The Morgan fingerprint density at radius 2 is 2.13 bits per heavy atom. The number of hydrogen-bond acceptors (Lipinski definition) is 5. The van der Waals surface area contributed by atoms with Crippen LogP contribution < -0.4 is 4.90 Å². The van der Waals surface area contributed by atoms with Crippen molar-refractivity contribution in [3.8, 4) is 0 Å². The van der Waals surface area contributed by atoms with E-state index in [2.05, 4.69) is 20.2 Å². The lowest BCUT2D eigenvalue weighted by Gasteiger charge is -2.26. The van der Waals surface area contributed by atoms with E-state index in [1.165, 1.54) is 12.4 Å². The summed E-state index contributed by atoms with van der Waals surface area (Å²) < 4.78 is 40.8. The maximum absolute atomic E-state index is 13.1. The van der Waals surface area contributed by atoms with Gasteiger partial charge >= 0.3 is 6.18 Å². The third kappa shape index (κ3) is 3.24. The summed E-state index contributed by atoms with van der Waals surface area (Å²) in [6.07, 6.45) is -0.864. The average molecular weight is 347 g/mol. The van der Waals surface area contributed by atoms with Gasteiger partial charge in [0.25, 0.3) is 0 Å². The molecule has 2 aromatic heterocycles. The Morgan fingerprint density at radius 1 is 1.35 bits per heavy atom. The molecule has 0 saturated carbocycles. The van der Waals surface area contributed by atoms with Crippen LogP contribution in [0.15, 0.2) is 12.4 Å². The molecule has 1 aliphatic heterocycles. The summed E-state index contributed by atoms with van der Waals surface area (Å²) in [6.45, 7) is 0.756. The van der Waals surface area contributed by atoms with Crippen LogP contribution in [0.2, 0.25) is 5.15 Å². The molecule has 6 nitrogen and oxygen atoms in total. The highest BCUT2D eigenvalue weighted by atomic mass is 35.5. The van der Waals surface area contributed by atoms with Crippen molar-refractivity contribution < 1.29 is 13.2 Å². The number of rotatable bonds is 3. The standard InChI is InChI=1S/C13H14ClF3N6/c1-22(10-6-18-5-9(14)19-10)7-11-20-21-12-8(13(15,16)17)3-2-4-23(11)12/h5-6,8H,2-4,7H2,1H3. The molecule has 2 aromatic rings. The molecule has 3 heterocycles. The van der Waals surface area contributed by atoms with Gasteiger partial charge in [-0.1, -0.05) is 11.6 Å². The summed E-state index contributed by atoms with van der Waals surface area (Å²) in [5.74, 6) is -0.575. The second-order valence-electron chi connectivity index (χ2n) is 5.42. The lowest BCUT2D eigenvalue weighted by atomic mass is 9.98. The van der Waals surface area contributed by atoms with E-state index in [0.29, 0.717) is 24.6 Å². The second kappa shape index (κ2) is 5.95. The lowest BCUT2D eigenvalue weighted by molar-refractivity contribution is -0.156. The number of halogens is 4. The van der Waals surface area contributed by atoms with E-state index in [-0.39, 0.29) is 23.9 Å². The van der Waals surface area contributed by atoms with Crippen molar-refractivity contribution in [2.75, 3.05) is 11.9 Å². The van der Waals surface area contributed by atoms with E-state index in [1.807, 2.05) is 0 Å². The third-order valence-electron chi connectivity index (χ3n) is 3.80. The molecule has 0 aliphatic carbocycles. The predicted molar refractivity (Wildman–Crippen MR) is 77.2 cm³/mol. The van der Waals surface area contributed by atoms with Crippen LogP contribution in [0.3, 0.4) is 0 Å². The summed E-state index contributed by atoms with van der Waals surface area (Å²) in [5.41, 5.74) is 0. The number of anilines is 1.